The van der Waals surface area contributed by atoms with Gasteiger partial charge in [-0.2, -0.15) is 5.10 Å². The van der Waals surface area contributed by atoms with E-state index in [4.69, 9.17) is 4.74 Å². The molecule has 1 aromatic carbocycles. The monoisotopic (exact) mass is 413 g/mol. The van der Waals surface area contributed by atoms with E-state index in [1.165, 1.54) is 12.1 Å². The standard InChI is InChI=1S/C20H23N5O5/c26-19(22-10-6-16(7-11-22)24-9-1-13-30-20(24)27)14-23-12-8-18(21-23)15-2-4-17(5-3-15)25(28)29/h2-5,8,12,16H,1,6-7,9-11,13-14H2. The van der Waals surface area contributed by atoms with Crippen molar-refractivity contribution >= 4 is 17.7 Å². The van der Waals surface area contributed by atoms with Gasteiger partial charge in [0.2, 0.25) is 5.91 Å². The second-order valence-corrected chi connectivity index (χ2v) is 7.48. The molecule has 1 aromatic heterocycles. The van der Waals surface area contributed by atoms with Crippen molar-refractivity contribution in [2.75, 3.05) is 26.2 Å². The SMILES string of the molecule is O=C(Cn1ccc(-c2ccc([N+](=O)[O-])cc2)n1)N1CCC(N2CCCOC2=O)CC1. The van der Waals surface area contributed by atoms with Crippen molar-refractivity contribution in [2.45, 2.75) is 31.8 Å². The van der Waals surface area contributed by atoms with Crippen molar-refractivity contribution in [3.05, 3.63) is 46.6 Å². The minimum atomic E-state index is -0.446. The molecule has 2 saturated heterocycles. The Morgan fingerprint density at radius 1 is 1.17 bits per heavy atom. The van der Waals surface area contributed by atoms with Crippen LogP contribution in [0, 0.1) is 10.1 Å². The number of carbonyl (C=O) groups excluding carboxylic acids is 2. The molecule has 30 heavy (non-hydrogen) atoms. The van der Waals surface area contributed by atoms with Crippen LogP contribution in [0.25, 0.3) is 11.3 Å². The lowest BCUT2D eigenvalue weighted by molar-refractivity contribution is -0.384. The molecule has 10 nitrogen and oxygen atoms in total. The zero-order valence-electron chi connectivity index (χ0n) is 16.5. The first-order valence-electron chi connectivity index (χ1n) is 10.0. The molecule has 2 aliphatic heterocycles. The first kappa shape index (κ1) is 19.9. The van der Waals surface area contributed by atoms with Crippen LogP contribution < -0.4 is 0 Å². The number of likely N-dealkylation sites (tertiary alicyclic amines) is 1. The van der Waals surface area contributed by atoms with E-state index in [1.807, 2.05) is 0 Å². The molecular weight excluding hydrogens is 390 g/mol. The summed E-state index contributed by atoms with van der Waals surface area (Å²) in [5.74, 6) is -0.0204. The highest BCUT2D eigenvalue weighted by molar-refractivity contribution is 5.76. The minimum Gasteiger partial charge on any atom is -0.449 e. The van der Waals surface area contributed by atoms with Gasteiger partial charge in [0.1, 0.15) is 6.54 Å². The fourth-order valence-corrected chi connectivity index (χ4v) is 3.92. The van der Waals surface area contributed by atoms with Crippen LogP contribution in [-0.4, -0.2) is 68.8 Å². The van der Waals surface area contributed by atoms with E-state index in [0.717, 1.165) is 31.4 Å². The highest BCUT2D eigenvalue weighted by Crippen LogP contribution is 2.22. The summed E-state index contributed by atoms with van der Waals surface area (Å²) in [6.45, 7) is 2.53. The predicted octanol–water partition coefficient (Wildman–Crippen LogP) is 2.29. The van der Waals surface area contributed by atoms with Crippen LogP contribution in [0.15, 0.2) is 36.5 Å². The molecule has 0 bridgehead atoms. The molecule has 0 spiro atoms. The minimum absolute atomic E-state index is 0.0204. The third-order valence-corrected chi connectivity index (χ3v) is 5.57. The van der Waals surface area contributed by atoms with Gasteiger partial charge in [-0.1, -0.05) is 0 Å². The van der Waals surface area contributed by atoms with Crippen molar-refractivity contribution in [1.82, 2.24) is 19.6 Å². The number of hydrogen-bond donors (Lipinski definition) is 0. The lowest BCUT2D eigenvalue weighted by Crippen LogP contribution is -2.51. The van der Waals surface area contributed by atoms with E-state index >= 15 is 0 Å². The van der Waals surface area contributed by atoms with Gasteiger partial charge in [-0.15, -0.1) is 0 Å². The molecule has 3 heterocycles. The number of piperidine rings is 1. The Balaban J connectivity index is 1.31. The maximum atomic E-state index is 12.7. The van der Waals surface area contributed by atoms with Gasteiger partial charge in [0, 0.05) is 49.6 Å². The molecule has 0 N–H and O–H groups in total. The van der Waals surface area contributed by atoms with Gasteiger partial charge in [0.05, 0.1) is 17.2 Å². The average molecular weight is 413 g/mol. The van der Waals surface area contributed by atoms with Gasteiger partial charge in [0.15, 0.2) is 0 Å². The molecule has 4 rings (SSSR count). The van der Waals surface area contributed by atoms with Gasteiger partial charge >= 0.3 is 6.09 Å². The molecule has 2 aromatic rings. The van der Waals surface area contributed by atoms with Gasteiger partial charge < -0.3 is 14.5 Å². The van der Waals surface area contributed by atoms with Crippen LogP contribution in [-0.2, 0) is 16.1 Å². The summed E-state index contributed by atoms with van der Waals surface area (Å²) in [6.07, 6.45) is 3.82. The zero-order valence-corrected chi connectivity index (χ0v) is 16.5. The Hall–Kier alpha value is -3.43. The number of nitro benzene ring substituents is 1. The van der Waals surface area contributed by atoms with Crippen molar-refractivity contribution in [3.8, 4) is 11.3 Å². The smallest absolute Gasteiger partial charge is 0.410 e. The lowest BCUT2D eigenvalue weighted by atomic mass is 10.0. The van der Waals surface area contributed by atoms with Crippen molar-refractivity contribution in [3.63, 3.8) is 0 Å². The summed E-state index contributed by atoms with van der Waals surface area (Å²) in [6, 6.07) is 8.05. The lowest BCUT2D eigenvalue weighted by Gasteiger charge is -2.39. The third-order valence-electron chi connectivity index (χ3n) is 5.57. The Morgan fingerprint density at radius 2 is 1.90 bits per heavy atom. The van der Waals surface area contributed by atoms with Crippen LogP contribution in [0.4, 0.5) is 10.5 Å². The number of rotatable bonds is 5. The molecule has 0 saturated carbocycles. The number of hydrogen-bond acceptors (Lipinski definition) is 6. The summed E-state index contributed by atoms with van der Waals surface area (Å²) in [5, 5.41) is 15.2. The van der Waals surface area contributed by atoms with Crippen molar-refractivity contribution in [1.29, 1.82) is 0 Å². The molecule has 158 valence electrons. The van der Waals surface area contributed by atoms with E-state index in [9.17, 15) is 19.7 Å². The summed E-state index contributed by atoms with van der Waals surface area (Å²) >= 11 is 0. The van der Waals surface area contributed by atoms with Crippen molar-refractivity contribution < 1.29 is 19.2 Å². The summed E-state index contributed by atoms with van der Waals surface area (Å²) in [4.78, 5) is 38.5. The van der Waals surface area contributed by atoms with E-state index in [1.54, 1.807) is 38.9 Å². The second-order valence-electron chi connectivity index (χ2n) is 7.48. The predicted molar refractivity (Wildman–Crippen MR) is 107 cm³/mol. The van der Waals surface area contributed by atoms with E-state index in [-0.39, 0.29) is 30.3 Å². The van der Waals surface area contributed by atoms with Gasteiger partial charge in [0.25, 0.3) is 5.69 Å². The van der Waals surface area contributed by atoms with Crippen molar-refractivity contribution in [2.24, 2.45) is 0 Å². The molecule has 0 radical (unpaired) electrons. The first-order valence-corrected chi connectivity index (χ1v) is 10.0. The molecule has 10 heteroatoms. The Labute approximate surface area is 173 Å². The number of ether oxygens (including phenoxy) is 1. The Morgan fingerprint density at radius 3 is 2.57 bits per heavy atom. The summed E-state index contributed by atoms with van der Waals surface area (Å²) < 4.78 is 6.69. The maximum absolute atomic E-state index is 12.7. The quantitative estimate of drug-likeness (QED) is 0.549. The van der Waals surface area contributed by atoms with Crippen LogP contribution in [0.2, 0.25) is 0 Å². The molecule has 2 fully saturated rings. The number of carbonyl (C=O) groups is 2. The maximum Gasteiger partial charge on any atom is 0.410 e. The number of non-ortho nitro benzene ring substituents is 1. The van der Waals surface area contributed by atoms with Crippen LogP contribution in [0.1, 0.15) is 19.3 Å². The molecular formula is C20H23N5O5. The van der Waals surface area contributed by atoms with Gasteiger partial charge in [-0.3, -0.25) is 19.6 Å². The molecule has 0 atom stereocenters. The fraction of sp³-hybridized carbons (Fsp3) is 0.450. The zero-order chi connectivity index (χ0) is 21.1. The number of nitro groups is 1. The topological polar surface area (TPSA) is 111 Å². The number of cyclic esters (lactones) is 1. The van der Waals surface area contributed by atoms with Gasteiger partial charge in [-0.05, 0) is 37.5 Å². The number of amides is 2. The third kappa shape index (κ3) is 4.27. The van der Waals surface area contributed by atoms with Crippen LogP contribution in [0.3, 0.4) is 0 Å². The van der Waals surface area contributed by atoms with E-state index in [2.05, 4.69) is 5.10 Å². The van der Waals surface area contributed by atoms with E-state index in [0.29, 0.717) is 25.4 Å². The summed E-state index contributed by atoms with van der Waals surface area (Å²) in [7, 11) is 0. The second kappa shape index (κ2) is 8.52. The van der Waals surface area contributed by atoms with Gasteiger partial charge in [-0.25, -0.2) is 4.79 Å². The first-order chi connectivity index (χ1) is 14.5. The van der Waals surface area contributed by atoms with E-state index < -0.39 is 4.92 Å². The Kier molecular flexibility index (Phi) is 5.64. The fourth-order valence-electron chi connectivity index (χ4n) is 3.92. The highest BCUT2D eigenvalue weighted by atomic mass is 16.6. The van der Waals surface area contributed by atoms with Crippen LogP contribution in [0.5, 0.6) is 0 Å². The highest BCUT2D eigenvalue weighted by Gasteiger charge is 2.31. The number of aromatic nitrogens is 2. The molecule has 2 amide bonds. The average Bonchev–Trinajstić information content (AvgIpc) is 3.23. The number of benzene rings is 1. The normalized spacial score (nSPS) is 17.7. The number of nitrogens with zero attached hydrogens (tertiary/aromatic N) is 5. The molecule has 0 aliphatic carbocycles. The largest absolute Gasteiger partial charge is 0.449 e. The summed E-state index contributed by atoms with van der Waals surface area (Å²) in [5.41, 5.74) is 1.43. The Bertz CT molecular complexity index is 933. The molecule has 0 unspecified atom stereocenters. The molecule has 2 aliphatic rings. The van der Waals surface area contributed by atoms with Crippen LogP contribution >= 0.6 is 0 Å².